The lowest BCUT2D eigenvalue weighted by molar-refractivity contribution is -0.116. The van der Waals surface area contributed by atoms with Crippen LogP contribution in [-0.4, -0.2) is 37.8 Å². The Morgan fingerprint density at radius 3 is 2.24 bits per heavy atom. The zero-order valence-electron chi connectivity index (χ0n) is 17.2. The highest BCUT2D eigenvalue weighted by Gasteiger charge is 2.27. The lowest BCUT2D eigenvalue weighted by atomic mass is 10.0. The Morgan fingerprint density at radius 1 is 0.966 bits per heavy atom. The van der Waals surface area contributed by atoms with Gasteiger partial charge in [-0.1, -0.05) is 26.0 Å². The normalized spacial score (nSPS) is 16.0. The monoisotopic (exact) mass is 415 g/mol. The van der Waals surface area contributed by atoms with Gasteiger partial charge in [-0.05, 0) is 67.6 Å². The van der Waals surface area contributed by atoms with E-state index in [0.717, 1.165) is 18.5 Å². The number of anilines is 2. The van der Waals surface area contributed by atoms with Gasteiger partial charge in [0.2, 0.25) is 15.9 Å². The van der Waals surface area contributed by atoms with Gasteiger partial charge >= 0.3 is 0 Å². The number of rotatable bonds is 7. The highest BCUT2D eigenvalue weighted by atomic mass is 32.2. The molecule has 0 unspecified atom stereocenters. The third kappa shape index (κ3) is 5.16. The average Bonchev–Trinajstić information content (AvgIpc) is 3.24. The van der Waals surface area contributed by atoms with Gasteiger partial charge in [0.25, 0.3) is 0 Å². The maximum Gasteiger partial charge on any atom is 0.246 e. The molecule has 156 valence electrons. The Morgan fingerprint density at radius 2 is 1.62 bits per heavy atom. The third-order valence-corrected chi connectivity index (χ3v) is 7.07. The Bertz CT molecular complexity index is 950. The number of amides is 1. The van der Waals surface area contributed by atoms with Crippen LogP contribution in [0.1, 0.15) is 45.1 Å². The molecule has 1 saturated heterocycles. The zero-order chi connectivity index (χ0) is 21.0. The first kappa shape index (κ1) is 21.3. The lowest BCUT2D eigenvalue weighted by Gasteiger charge is -2.17. The number of nitrogens with one attached hydrogen (secondary N) is 2. The molecule has 0 aliphatic carbocycles. The number of carbonyl (C=O) groups is 1. The summed E-state index contributed by atoms with van der Waals surface area (Å²) in [5.74, 6) is 0.228. The number of carbonyl (C=O) groups excluding carboxylic acids is 1. The fraction of sp³-hybridized carbons (Fsp3) is 0.409. The van der Waals surface area contributed by atoms with Crippen molar-refractivity contribution in [3.8, 4) is 0 Å². The van der Waals surface area contributed by atoms with Crippen LogP contribution in [0.5, 0.6) is 0 Å². The third-order valence-electron chi connectivity index (χ3n) is 5.15. The summed E-state index contributed by atoms with van der Waals surface area (Å²) in [7, 11) is -3.44. The second-order valence-electron chi connectivity index (χ2n) is 7.77. The second kappa shape index (κ2) is 8.97. The highest BCUT2D eigenvalue weighted by Crippen LogP contribution is 2.23. The van der Waals surface area contributed by atoms with Gasteiger partial charge in [0.05, 0.1) is 4.90 Å². The van der Waals surface area contributed by atoms with E-state index in [1.165, 1.54) is 9.87 Å². The van der Waals surface area contributed by atoms with E-state index in [2.05, 4.69) is 30.5 Å². The number of sulfonamides is 1. The van der Waals surface area contributed by atoms with Gasteiger partial charge in [0.15, 0.2) is 0 Å². The zero-order valence-corrected chi connectivity index (χ0v) is 18.0. The van der Waals surface area contributed by atoms with Crippen LogP contribution in [0, 0.1) is 0 Å². The molecule has 2 aromatic rings. The van der Waals surface area contributed by atoms with Gasteiger partial charge in [0, 0.05) is 24.5 Å². The molecule has 0 radical (unpaired) electrons. The SMILES string of the molecule is CC(C)c1cccc(N[C@H](C)C(=O)Nc2ccc(S(=O)(=O)N3CCCC3)cc2)c1. The van der Waals surface area contributed by atoms with Crippen molar-refractivity contribution >= 4 is 27.3 Å². The van der Waals surface area contributed by atoms with Crippen LogP contribution in [0.2, 0.25) is 0 Å². The molecule has 1 aliphatic heterocycles. The standard InChI is InChI=1S/C22H29N3O3S/c1-16(2)18-7-6-8-20(15-18)23-17(3)22(26)24-19-9-11-21(12-10-19)29(27,28)25-13-4-5-14-25/h6-12,15-17,23H,4-5,13-14H2,1-3H3,(H,24,26)/t17-/m1/s1. The van der Waals surface area contributed by atoms with Gasteiger partial charge in [0.1, 0.15) is 6.04 Å². The largest absolute Gasteiger partial charge is 0.374 e. The van der Waals surface area contributed by atoms with Crippen molar-refractivity contribution in [1.29, 1.82) is 0 Å². The van der Waals surface area contributed by atoms with Crippen molar-refractivity contribution in [3.05, 3.63) is 54.1 Å². The van der Waals surface area contributed by atoms with Crippen molar-refractivity contribution in [2.75, 3.05) is 23.7 Å². The molecular weight excluding hydrogens is 386 g/mol. The molecule has 1 aliphatic rings. The van der Waals surface area contributed by atoms with Crippen LogP contribution in [-0.2, 0) is 14.8 Å². The minimum atomic E-state index is -3.44. The second-order valence-corrected chi connectivity index (χ2v) is 9.71. The summed E-state index contributed by atoms with van der Waals surface area (Å²) in [6.07, 6.45) is 1.80. The van der Waals surface area contributed by atoms with Crippen LogP contribution in [0.25, 0.3) is 0 Å². The van der Waals surface area contributed by atoms with E-state index < -0.39 is 16.1 Å². The van der Waals surface area contributed by atoms with Crippen molar-refractivity contribution < 1.29 is 13.2 Å². The summed E-state index contributed by atoms with van der Waals surface area (Å²) in [4.78, 5) is 12.8. The van der Waals surface area contributed by atoms with E-state index >= 15 is 0 Å². The predicted octanol–water partition coefficient (Wildman–Crippen LogP) is 4.03. The molecule has 2 N–H and O–H groups in total. The Hall–Kier alpha value is -2.38. The summed E-state index contributed by atoms with van der Waals surface area (Å²) < 4.78 is 26.7. The Labute approximate surface area is 173 Å². The maximum absolute atomic E-state index is 12.6. The number of benzene rings is 2. The van der Waals surface area contributed by atoms with Crippen LogP contribution in [0.15, 0.2) is 53.4 Å². The molecule has 0 bridgehead atoms. The molecule has 1 amide bonds. The van der Waals surface area contributed by atoms with Crippen molar-refractivity contribution in [3.63, 3.8) is 0 Å². The van der Waals surface area contributed by atoms with E-state index in [1.54, 1.807) is 31.2 Å². The topological polar surface area (TPSA) is 78.5 Å². The molecule has 7 heteroatoms. The van der Waals surface area contributed by atoms with E-state index in [4.69, 9.17) is 0 Å². The van der Waals surface area contributed by atoms with Gasteiger partial charge in [-0.25, -0.2) is 8.42 Å². The fourth-order valence-corrected chi connectivity index (χ4v) is 4.86. The summed E-state index contributed by atoms with van der Waals surface area (Å²) in [6, 6.07) is 14.0. The average molecular weight is 416 g/mol. The van der Waals surface area contributed by atoms with Gasteiger partial charge < -0.3 is 10.6 Å². The quantitative estimate of drug-likeness (QED) is 0.716. The molecule has 6 nitrogen and oxygen atoms in total. The summed E-state index contributed by atoms with van der Waals surface area (Å²) >= 11 is 0. The van der Waals surface area contributed by atoms with Crippen LogP contribution < -0.4 is 10.6 Å². The molecule has 0 saturated carbocycles. The Balaban J connectivity index is 1.62. The lowest BCUT2D eigenvalue weighted by Crippen LogP contribution is -2.32. The molecule has 0 aromatic heterocycles. The molecule has 0 spiro atoms. The summed E-state index contributed by atoms with van der Waals surface area (Å²) in [5, 5.41) is 6.05. The molecular formula is C22H29N3O3S. The van der Waals surface area contributed by atoms with Crippen LogP contribution in [0.4, 0.5) is 11.4 Å². The van der Waals surface area contributed by atoms with Crippen molar-refractivity contribution in [1.82, 2.24) is 4.31 Å². The molecule has 1 heterocycles. The van der Waals surface area contributed by atoms with Crippen molar-refractivity contribution in [2.45, 2.75) is 50.5 Å². The molecule has 3 rings (SSSR count). The van der Waals surface area contributed by atoms with Crippen LogP contribution in [0.3, 0.4) is 0 Å². The highest BCUT2D eigenvalue weighted by molar-refractivity contribution is 7.89. The first-order chi connectivity index (χ1) is 13.8. The number of nitrogens with zero attached hydrogens (tertiary/aromatic N) is 1. The first-order valence-electron chi connectivity index (χ1n) is 10.0. The summed E-state index contributed by atoms with van der Waals surface area (Å²) in [6.45, 7) is 7.19. The van der Waals surface area contributed by atoms with Crippen molar-refractivity contribution in [2.24, 2.45) is 0 Å². The number of hydrogen-bond acceptors (Lipinski definition) is 4. The molecule has 29 heavy (non-hydrogen) atoms. The molecule has 2 aromatic carbocycles. The first-order valence-corrected chi connectivity index (χ1v) is 11.5. The van der Waals surface area contributed by atoms with E-state index in [0.29, 0.717) is 24.7 Å². The Kier molecular flexibility index (Phi) is 6.59. The predicted molar refractivity (Wildman–Crippen MR) is 117 cm³/mol. The van der Waals surface area contributed by atoms with E-state index in [9.17, 15) is 13.2 Å². The maximum atomic E-state index is 12.6. The summed E-state index contributed by atoms with van der Waals surface area (Å²) in [5.41, 5.74) is 2.67. The van der Waals surface area contributed by atoms with Gasteiger partial charge in [-0.15, -0.1) is 0 Å². The minimum Gasteiger partial charge on any atom is -0.374 e. The smallest absolute Gasteiger partial charge is 0.246 e. The number of hydrogen-bond donors (Lipinski definition) is 2. The molecule has 1 atom stereocenters. The van der Waals surface area contributed by atoms with E-state index in [-0.39, 0.29) is 10.8 Å². The van der Waals surface area contributed by atoms with E-state index in [1.807, 2.05) is 18.2 Å². The van der Waals surface area contributed by atoms with Gasteiger partial charge in [-0.2, -0.15) is 4.31 Å². The van der Waals surface area contributed by atoms with Crippen LogP contribution >= 0.6 is 0 Å². The minimum absolute atomic E-state index is 0.185. The molecule has 1 fully saturated rings. The van der Waals surface area contributed by atoms with Gasteiger partial charge in [-0.3, -0.25) is 4.79 Å². The fourth-order valence-electron chi connectivity index (χ4n) is 3.34.